The summed E-state index contributed by atoms with van der Waals surface area (Å²) in [5.41, 5.74) is -0.884. The number of carboxylic acids is 1. The summed E-state index contributed by atoms with van der Waals surface area (Å²) >= 11 is 0. The van der Waals surface area contributed by atoms with Gasteiger partial charge in [-0.05, 0) is 30.9 Å². The van der Waals surface area contributed by atoms with Crippen LogP contribution in [-0.2, 0) is 4.74 Å². The molecular weight excluding hydrogens is 278 g/mol. The third-order valence-corrected chi connectivity index (χ3v) is 4.35. The van der Waals surface area contributed by atoms with Gasteiger partial charge >= 0.3 is 5.97 Å². The first-order chi connectivity index (χ1) is 10.4. The van der Waals surface area contributed by atoms with Crippen molar-refractivity contribution in [1.82, 2.24) is 0 Å². The summed E-state index contributed by atoms with van der Waals surface area (Å²) < 4.78 is 5.70. The molecule has 0 radical (unpaired) electrons. The molecule has 0 aromatic heterocycles. The predicted molar refractivity (Wildman–Crippen MR) is 82.1 cm³/mol. The Morgan fingerprint density at radius 1 is 1.41 bits per heavy atom. The highest BCUT2D eigenvalue weighted by molar-refractivity contribution is 5.90. The van der Waals surface area contributed by atoms with Crippen LogP contribution < -0.4 is 0 Å². The lowest BCUT2D eigenvalue weighted by molar-refractivity contribution is -0.0379. The number of hydrogen-bond donors (Lipinski definition) is 1. The second kappa shape index (κ2) is 5.83. The number of nitriles is 1. The van der Waals surface area contributed by atoms with Gasteiger partial charge in [-0.15, -0.1) is 0 Å². The fourth-order valence-corrected chi connectivity index (χ4v) is 2.93. The molecule has 1 aromatic carbocycles. The van der Waals surface area contributed by atoms with E-state index in [2.05, 4.69) is 17.9 Å². The Morgan fingerprint density at radius 3 is 2.50 bits per heavy atom. The summed E-state index contributed by atoms with van der Waals surface area (Å²) in [6.45, 7) is 3.94. The SMILES string of the molecule is CO[C@@](C#Cc1ccccc1C(=O)O)(C(C)C)C1(C#N)CC1. The highest BCUT2D eigenvalue weighted by Gasteiger charge is 2.62. The zero-order valence-electron chi connectivity index (χ0n) is 13.0. The molecule has 0 bridgehead atoms. The quantitative estimate of drug-likeness (QED) is 0.867. The van der Waals surface area contributed by atoms with Gasteiger partial charge in [-0.3, -0.25) is 0 Å². The van der Waals surface area contributed by atoms with Crippen LogP contribution in [0.4, 0.5) is 0 Å². The van der Waals surface area contributed by atoms with Crippen molar-refractivity contribution in [1.29, 1.82) is 5.26 Å². The van der Waals surface area contributed by atoms with Gasteiger partial charge in [-0.25, -0.2) is 4.79 Å². The monoisotopic (exact) mass is 297 g/mol. The second-order valence-corrected chi connectivity index (χ2v) is 5.89. The molecule has 22 heavy (non-hydrogen) atoms. The van der Waals surface area contributed by atoms with Gasteiger partial charge in [0.1, 0.15) is 5.60 Å². The van der Waals surface area contributed by atoms with Crippen LogP contribution >= 0.6 is 0 Å². The molecule has 1 aliphatic carbocycles. The number of rotatable bonds is 4. The van der Waals surface area contributed by atoms with Crippen molar-refractivity contribution in [3.05, 3.63) is 35.4 Å². The van der Waals surface area contributed by atoms with Gasteiger partial charge in [0.15, 0.2) is 0 Å². The van der Waals surface area contributed by atoms with Crippen LogP contribution in [0.2, 0.25) is 0 Å². The maximum Gasteiger partial charge on any atom is 0.336 e. The minimum Gasteiger partial charge on any atom is -0.478 e. The van der Waals surface area contributed by atoms with Crippen LogP contribution in [0.25, 0.3) is 0 Å². The van der Waals surface area contributed by atoms with Crippen LogP contribution in [0.3, 0.4) is 0 Å². The number of benzene rings is 1. The van der Waals surface area contributed by atoms with Crippen LogP contribution in [0.15, 0.2) is 24.3 Å². The number of aromatic carboxylic acids is 1. The molecule has 1 aliphatic rings. The van der Waals surface area contributed by atoms with E-state index in [4.69, 9.17) is 4.74 Å². The number of methoxy groups -OCH3 is 1. The highest BCUT2D eigenvalue weighted by Crippen LogP contribution is 2.57. The van der Waals surface area contributed by atoms with Crippen LogP contribution in [0, 0.1) is 34.5 Å². The van der Waals surface area contributed by atoms with Crippen molar-refractivity contribution in [3.8, 4) is 17.9 Å². The summed E-state index contributed by atoms with van der Waals surface area (Å²) in [4.78, 5) is 11.3. The summed E-state index contributed by atoms with van der Waals surface area (Å²) in [7, 11) is 1.56. The molecule has 0 amide bonds. The largest absolute Gasteiger partial charge is 0.478 e. The molecule has 0 saturated heterocycles. The summed E-state index contributed by atoms with van der Waals surface area (Å²) in [6, 6.07) is 8.96. The molecule has 1 fully saturated rings. The van der Waals surface area contributed by atoms with Gasteiger partial charge in [0.25, 0.3) is 0 Å². The molecule has 1 N–H and O–H groups in total. The first-order valence-corrected chi connectivity index (χ1v) is 7.24. The summed E-state index contributed by atoms with van der Waals surface area (Å²) in [5.74, 6) is 5.03. The lowest BCUT2D eigenvalue weighted by Gasteiger charge is -2.35. The molecule has 0 unspecified atom stereocenters. The molecule has 114 valence electrons. The topological polar surface area (TPSA) is 70.3 Å². The molecule has 4 nitrogen and oxygen atoms in total. The molecule has 1 saturated carbocycles. The minimum atomic E-state index is -1.01. The average molecular weight is 297 g/mol. The van der Waals surface area contributed by atoms with Crippen LogP contribution in [0.5, 0.6) is 0 Å². The summed E-state index contributed by atoms with van der Waals surface area (Å²) in [5, 5.41) is 18.7. The van der Waals surface area contributed by atoms with Crippen molar-refractivity contribution in [2.24, 2.45) is 11.3 Å². The molecule has 1 aromatic rings. The van der Waals surface area contributed by atoms with Crippen LogP contribution in [-0.4, -0.2) is 23.8 Å². The standard InChI is InChI=1S/C18H19NO3/c1-13(2)18(22-3,17(12-19)10-11-17)9-8-14-6-4-5-7-15(14)16(20)21/h4-7,13H,10-11H2,1-3H3,(H,20,21)/t18-/m0/s1. The van der Waals surface area contributed by atoms with Crippen LogP contribution in [0.1, 0.15) is 42.6 Å². The van der Waals surface area contributed by atoms with E-state index in [1.807, 2.05) is 13.8 Å². The van der Waals surface area contributed by atoms with Crippen molar-refractivity contribution in [2.75, 3.05) is 7.11 Å². The Kier molecular flexibility index (Phi) is 4.26. The predicted octanol–water partition coefficient (Wildman–Crippen LogP) is 3.08. The lowest BCUT2D eigenvalue weighted by Crippen LogP contribution is -2.44. The van der Waals surface area contributed by atoms with E-state index < -0.39 is 17.0 Å². The third kappa shape index (κ3) is 2.47. The Hall–Kier alpha value is -2.30. The molecular formula is C18H19NO3. The molecule has 0 aliphatic heterocycles. The highest BCUT2D eigenvalue weighted by atomic mass is 16.5. The Morgan fingerprint density at radius 2 is 2.05 bits per heavy atom. The molecule has 0 spiro atoms. The van der Waals surface area contributed by atoms with E-state index in [0.29, 0.717) is 5.56 Å². The molecule has 4 heteroatoms. The molecule has 1 atom stereocenters. The van der Waals surface area contributed by atoms with Crippen molar-refractivity contribution < 1.29 is 14.6 Å². The lowest BCUT2D eigenvalue weighted by atomic mass is 9.76. The second-order valence-electron chi connectivity index (χ2n) is 5.89. The maximum absolute atomic E-state index is 11.3. The van der Waals surface area contributed by atoms with E-state index >= 15 is 0 Å². The van der Waals surface area contributed by atoms with E-state index in [9.17, 15) is 15.2 Å². The van der Waals surface area contributed by atoms with Crippen molar-refractivity contribution in [3.63, 3.8) is 0 Å². The van der Waals surface area contributed by atoms with Gasteiger partial charge in [0, 0.05) is 12.7 Å². The Balaban J connectivity index is 2.52. The van der Waals surface area contributed by atoms with Gasteiger partial charge < -0.3 is 9.84 Å². The average Bonchev–Trinajstić information content (AvgIpc) is 3.29. The van der Waals surface area contributed by atoms with Gasteiger partial charge in [0.05, 0.1) is 17.0 Å². The first kappa shape index (κ1) is 16.1. The Labute approximate surface area is 130 Å². The van der Waals surface area contributed by atoms with Gasteiger partial charge in [-0.2, -0.15) is 5.26 Å². The third-order valence-electron chi connectivity index (χ3n) is 4.35. The zero-order chi connectivity index (χ0) is 16.4. The fraction of sp³-hybridized carbons (Fsp3) is 0.444. The summed E-state index contributed by atoms with van der Waals surface area (Å²) in [6.07, 6.45) is 1.51. The number of carboxylic acid groups (broad SMARTS) is 1. The van der Waals surface area contributed by atoms with E-state index in [0.717, 1.165) is 12.8 Å². The smallest absolute Gasteiger partial charge is 0.336 e. The number of nitrogens with zero attached hydrogens (tertiary/aromatic N) is 1. The zero-order valence-corrected chi connectivity index (χ0v) is 13.0. The number of hydrogen-bond acceptors (Lipinski definition) is 3. The van der Waals surface area contributed by atoms with E-state index in [1.54, 1.807) is 25.3 Å². The van der Waals surface area contributed by atoms with E-state index in [1.165, 1.54) is 6.07 Å². The normalized spacial score (nSPS) is 17.8. The van der Waals surface area contributed by atoms with Gasteiger partial charge in [-0.1, -0.05) is 37.8 Å². The fourth-order valence-electron chi connectivity index (χ4n) is 2.93. The minimum absolute atomic E-state index is 0.0177. The number of carbonyl (C=O) groups is 1. The number of ether oxygens (including phenoxy) is 1. The molecule has 2 rings (SSSR count). The maximum atomic E-state index is 11.3. The molecule has 0 heterocycles. The van der Waals surface area contributed by atoms with Crippen molar-refractivity contribution >= 4 is 5.97 Å². The van der Waals surface area contributed by atoms with E-state index in [-0.39, 0.29) is 11.5 Å². The Bertz CT molecular complexity index is 686. The van der Waals surface area contributed by atoms with Gasteiger partial charge in [0.2, 0.25) is 0 Å². The van der Waals surface area contributed by atoms with Crippen molar-refractivity contribution in [2.45, 2.75) is 32.3 Å². The first-order valence-electron chi connectivity index (χ1n) is 7.24.